The number of ether oxygens (including phenoxy) is 1. The van der Waals surface area contributed by atoms with Crippen LogP contribution in [0.4, 0.5) is 5.69 Å². The van der Waals surface area contributed by atoms with Gasteiger partial charge >= 0.3 is 5.69 Å². The van der Waals surface area contributed by atoms with E-state index in [1.165, 1.54) is 11.6 Å². The lowest BCUT2D eigenvalue weighted by Gasteiger charge is -2.31. The zero-order valence-corrected chi connectivity index (χ0v) is 20.6. The molecule has 0 unspecified atom stereocenters. The highest BCUT2D eigenvalue weighted by Gasteiger charge is 2.35. The molecule has 0 aliphatic carbocycles. The lowest BCUT2D eigenvalue weighted by Crippen LogP contribution is -2.37. The number of rotatable bonds is 3. The molecule has 3 heterocycles. The number of hydrogen-bond donors (Lipinski definition) is 1. The lowest BCUT2D eigenvalue weighted by atomic mass is 9.98. The predicted octanol–water partition coefficient (Wildman–Crippen LogP) is 4.53. The van der Waals surface area contributed by atoms with E-state index in [-0.39, 0.29) is 17.3 Å². The van der Waals surface area contributed by atoms with Crippen molar-refractivity contribution >= 4 is 16.6 Å². The Labute approximate surface area is 207 Å². The van der Waals surface area contributed by atoms with E-state index in [1.807, 2.05) is 79.7 Å². The highest BCUT2D eigenvalue weighted by molar-refractivity contribution is 5.99. The second kappa shape index (κ2) is 8.02. The van der Waals surface area contributed by atoms with Crippen LogP contribution in [0.3, 0.4) is 0 Å². The van der Waals surface area contributed by atoms with Gasteiger partial charge in [0.2, 0.25) is 0 Å². The summed E-state index contributed by atoms with van der Waals surface area (Å²) in [5.74, 6) is 0.723. The predicted molar refractivity (Wildman–Crippen MR) is 142 cm³/mol. The number of hydrogen-bond acceptors (Lipinski definition) is 4. The van der Waals surface area contributed by atoms with E-state index in [0.29, 0.717) is 10.9 Å². The summed E-state index contributed by atoms with van der Waals surface area (Å²) in [6, 6.07) is 23.6. The first-order valence-corrected chi connectivity index (χ1v) is 11.8. The average Bonchev–Trinajstić information content (AvgIpc) is 3.27. The molecule has 0 radical (unpaired) electrons. The smallest absolute Gasteiger partial charge is 0.331 e. The van der Waals surface area contributed by atoms with E-state index < -0.39 is 0 Å². The molecule has 0 saturated carbocycles. The molecule has 5 aromatic rings. The Morgan fingerprint density at radius 3 is 2.31 bits per heavy atom. The summed E-state index contributed by atoms with van der Waals surface area (Å²) in [4.78, 5) is 26.9. The van der Waals surface area contributed by atoms with Crippen LogP contribution in [0.2, 0.25) is 0 Å². The maximum Gasteiger partial charge on any atom is 0.331 e. The van der Waals surface area contributed by atoms with Gasteiger partial charge in [0.15, 0.2) is 0 Å². The number of benzene rings is 3. The Hall–Kier alpha value is -4.52. The molecule has 0 fully saturated rings. The van der Waals surface area contributed by atoms with Crippen LogP contribution in [0.1, 0.15) is 22.9 Å². The number of nitrogens with zero attached hydrogens (tertiary/aromatic N) is 3. The number of fused-ring (bicyclic) bond motifs is 5. The fraction of sp³-hybridized carbons (Fsp3) is 0.172. The van der Waals surface area contributed by atoms with Crippen LogP contribution in [0.15, 0.2) is 82.4 Å². The van der Waals surface area contributed by atoms with Gasteiger partial charge in [-0.25, -0.2) is 4.79 Å². The summed E-state index contributed by atoms with van der Waals surface area (Å²) in [5.41, 5.74) is 6.31. The first kappa shape index (κ1) is 22.0. The van der Waals surface area contributed by atoms with Gasteiger partial charge in [-0.3, -0.25) is 13.9 Å². The van der Waals surface area contributed by atoms with Gasteiger partial charge < -0.3 is 14.6 Å². The molecule has 7 nitrogen and oxygen atoms in total. The summed E-state index contributed by atoms with van der Waals surface area (Å²) in [6.07, 6.45) is 0. The number of methoxy groups -OCH3 is 1. The van der Waals surface area contributed by atoms with Gasteiger partial charge in [0.05, 0.1) is 46.8 Å². The maximum atomic E-state index is 13.7. The molecule has 0 amide bonds. The molecule has 6 rings (SSSR count). The van der Waals surface area contributed by atoms with Crippen molar-refractivity contribution in [3.05, 3.63) is 110 Å². The highest BCUT2D eigenvalue weighted by atomic mass is 16.5. The maximum absolute atomic E-state index is 13.7. The molecule has 0 spiro atoms. The van der Waals surface area contributed by atoms with Crippen LogP contribution >= 0.6 is 0 Å². The van der Waals surface area contributed by atoms with Crippen molar-refractivity contribution in [1.82, 2.24) is 13.7 Å². The van der Waals surface area contributed by atoms with Crippen molar-refractivity contribution in [2.24, 2.45) is 14.1 Å². The van der Waals surface area contributed by atoms with Gasteiger partial charge in [-0.15, -0.1) is 0 Å². The van der Waals surface area contributed by atoms with Gasteiger partial charge in [0.1, 0.15) is 5.75 Å². The van der Waals surface area contributed by atoms with E-state index >= 15 is 0 Å². The van der Waals surface area contributed by atoms with Crippen LogP contribution in [0.5, 0.6) is 5.75 Å². The van der Waals surface area contributed by atoms with Crippen molar-refractivity contribution in [3.8, 4) is 22.7 Å². The highest BCUT2D eigenvalue weighted by Crippen LogP contribution is 2.46. The molecule has 1 aliphatic heterocycles. The topological polar surface area (TPSA) is 70.2 Å². The van der Waals surface area contributed by atoms with E-state index in [2.05, 4.69) is 9.88 Å². The van der Waals surface area contributed by atoms with Gasteiger partial charge in [0.25, 0.3) is 5.56 Å². The second-order valence-corrected chi connectivity index (χ2v) is 9.20. The standard InChI is InChI=1S/C29H26N4O3/c1-17-13-15-18(16-14-17)25-23-26(31(2)29(35)32(3)28(23)34)27-24(19-9-5-8-12-22(19)36-4)30-20-10-6-7-11-21(20)33(25)27/h5-16,24,30H,1-4H3/t24-/m0/s1. The van der Waals surface area contributed by atoms with E-state index in [9.17, 15) is 9.59 Å². The Balaban J connectivity index is 1.86. The molecule has 36 heavy (non-hydrogen) atoms. The molecular weight excluding hydrogens is 452 g/mol. The minimum absolute atomic E-state index is 0.318. The second-order valence-electron chi connectivity index (χ2n) is 9.20. The van der Waals surface area contributed by atoms with Gasteiger partial charge in [-0.1, -0.05) is 60.2 Å². The summed E-state index contributed by atoms with van der Waals surface area (Å²) >= 11 is 0. The molecule has 1 atom stereocenters. The molecule has 1 N–H and O–H groups in total. The number of aryl methyl sites for hydroxylation is 2. The van der Waals surface area contributed by atoms with Crippen LogP contribution in [-0.4, -0.2) is 20.8 Å². The number of para-hydroxylation sites is 3. The van der Waals surface area contributed by atoms with Crippen LogP contribution in [-0.2, 0) is 14.1 Å². The number of aromatic nitrogens is 3. The normalized spacial score (nSPS) is 14.3. The Morgan fingerprint density at radius 1 is 0.861 bits per heavy atom. The van der Waals surface area contributed by atoms with Crippen molar-refractivity contribution in [2.45, 2.75) is 13.0 Å². The zero-order chi connectivity index (χ0) is 25.1. The Morgan fingerprint density at radius 2 is 1.56 bits per heavy atom. The molecule has 180 valence electrons. The number of anilines is 1. The molecule has 3 aromatic carbocycles. The van der Waals surface area contributed by atoms with Gasteiger partial charge in [-0.05, 0) is 30.7 Å². The SMILES string of the molecule is COc1ccccc1[C@@H]1Nc2ccccc2-n2c(-c3ccc(C)cc3)c3c(=O)n(C)c(=O)n(C)c3c21. The fourth-order valence-corrected chi connectivity index (χ4v) is 5.34. The van der Waals surface area contributed by atoms with Crippen LogP contribution in [0, 0.1) is 6.92 Å². The Kier molecular flexibility index (Phi) is 4.89. The molecule has 0 saturated heterocycles. The van der Waals surface area contributed by atoms with E-state index in [0.717, 1.165) is 45.2 Å². The third-order valence-electron chi connectivity index (χ3n) is 7.10. The zero-order valence-electron chi connectivity index (χ0n) is 20.6. The van der Waals surface area contributed by atoms with Crippen LogP contribution in [0.25, 0.3) is 27.8 Å². The minimum Gasteiger partial charge on any atom is -0.496 e. The van der Waals surface area contributed by atoms with Crippen molar-refractivity contribution in [2.75, 3.05) is 12.4 Å². The first-order chi connectivity index (χ1) is 17.4. The fourth-order valence-electron chi connectivity index (χ4n) is 5.34. The van der Waals surface area contributed by atoms with E-state index in [4.69, 9.17) is 4.74 Å². The summed E-state index contributed by atoms with van der Waals surface area (Å²) in [5, 5.41) is 4.18. The van der Waals surface area contributed by atoms with Gasteiger partial charge in [-0.2, -0.15) is 0 Å². The van der Waals surface area contributed by atoms with Gasteiger partial charge in [0, 0.05) is 19.7 Å². The van der Waals surface area contributed by atoms with Crippen molar-refractivity contribution < 1.29 is 4.74 Å². The third kappa shape index (κ3) is 2.99. The first-order valence-electron chi connectivity index (χ1n) is 11.8. The van der Waals surface area contributed by atoms with Crippen molar-refractivity contribution in [3.63, 3.8) is 0 Å². The molecule has 7 heteroatoms. The summed E-state index contributed by atoms with van der Waals surface area (Å²) in [7, 11) is 4.91. The molecule has 0 bridgehead atoms. The number of nitrogens with one attached hydrogen (secondary N) is 1. The lowest BCUT2D eigenvalue weighted by molar-refractivity contribution is 0.408. The molecular formula is C29H26N4O3. The summed E-state index contributed by atoms with van der Waals surface area (Å²) < 4.78 is 10.6. The largest absolute Gasteiger partial charge is 0.496 e. The minimum atomic E-state index is -0.367. The van der Waals surface area contributed by atoms with E-state index in [1.54, 1.807) is 18.7 Å². The Bertz CT molecular complexity index is 1770. The monoisotopic (exact) mass is 478 g/mol. The van der Waals surface area contributed by atoms with Crippen LogP contribution < -0.4 is 21.3 Å². The third-order valence-corrected chi connectivity index (χ3v) is 7.10. The quantitative estimate of drug-likeness (QED) is 0.414. The molecule has 1 aliphatic rings. The average molecular weight is 479 g/mol. The molecule has 2 aromatic heterocycles. The van der Waals surface area contributed by atoms with Crippen molar-refractivity contribution in [1.29, 1.82) is 0 Å². The summed E-state index contributed by atoms with van der Waals surface area (Å²) in [6.45, 7) is 2.04.